The molecule has 0 saturated heterocycles. The van der Waals surface area contributed by atoms with E-state index in [-0.39, 0.29) is 0 Å². The highest BCUT2D eigenvalue weighted by Crippen LogP contribution is 2.18. The van der Waals surface area contributed by atoms with Crippen molar-refractivity contribution in [3.63, 3.8) is 0 Å². The first kappa shape index (κ1) is 13.2. The zero-order valence-electron chi connectivity index (χ0n) is 10.2. The van der Waals surface area contributed by atoms with Gasteiger partial charge in [0.2, 0.25) is 0 Å². The Hall–Kier alpha value is -0.780. The molecule has 0 atom stereocenters. The fourth-order valence-electron chi connectivity index (χ4n) is 1.41. The van der Waals surface area contributed by atoms with Crippen LogP contribution in [0.15, 0.2) is 35.5 Å². The third-order valence-corrected chi connectivity index (χ3v) is 2.89. The Balaban J connectivity index is 4.10. The van der Waals surface area contributed by atoms with Gasteiger partial charge >= 0.3 is 0 Å². The van der Waals surface area contributed by atoms with Crippen LogP contribution in [0.3, 0.4) is 0 Å². The van der Waals surface area contributed by atoms with Gasteiger partial charge in [-0.2, -0.15) is 0 Å². The SMILES string of the molecule is C=CC/C(=C/C)CC/C(C)=C(\C)CC. The molecule has 0 spiro atoms. The lowest BCUT2D eigenvalue weighted by molar-refractivity contribution is 0.868. The van der Waals surface area contributed by atoms with Crippen molar-refractivity contribution in [2.75, 3.05) is 0 Å². The van der Waals surface area contributed by atoms with Crippen LogP contribution >= 0.6 is 0 Å². The first-order chi connectivity index (χ1) is 6.65. The molecule has 14 heavy (non-hydrogen) atoms. The van der Waals surface area contributed by atoms with Gasteiger partial charge in [0, 0.05) is 0 Å². The van der Waals surface area contributed by atoms with Crippen molar-refractivity contribution < 1.29 is 0 Å². The summed E-state index contributed by atoms with van der Waals surface area (Å²) in [5, 5.41) is 0. The highest BCUT2D eigenvalue weighted by molar-refractivity contribution is 5.13. The molecule has 0 aromatic carbocycles. The van der Waals surface area contributed by atoms with Crippen molar-refractivity contribution in [2.24, 2.45) is 0 Å². The standard InChI is InChI=1S/C14H24/c1-6-9-14(8-3)11-10-13(5)12(4)7-2/h6,8H,1,7,9-11H2,2-5H3/b13-12+,14-8-. The van der Waals surface area contributed by atoms with Gasteiger partial charge in [-0.25, -0.2) is 0 Å². The fourth-order valence-corrected chi connectivity index (χ4v) is 1.41. The second-order valence-corrected chi connectivity index (χ2v) is 3.85. The molecule has 0 aromatic heterocycles. The summed E-state index contributed by atoms with van der Waals surface area (Å²) in [6.07, 6.45) is 8.81. The third kappa shape index (κ3) is 5.06. The van der Waals surface area contributed by atoms with Crippen LogP contribution in [0.1, 0.15) is 53.4 Å². The van der Waals surface area contributed by atoms with Gasteiger partial charge in [0.25, 0.3) is 0 Å². The Kier molecular flexibility index (Phi) is 7.18. The molecule has 0 nitrogen and oxygen atoms in total. The second kappa shape index (κ2) is 7.61. The van der Waals surface area contributed by atoms with E-state index in [1.165, 1.54) is 24.8 Å². The molecule has 0 aliphatic heterocycles. The van der Waals surface area contributed by atoms with Crippen molar-refractivity contribution in [2.45, 2.75) is 53.4 Å². The molecule has 0 aliphatic carbocycles. The van der Waals surface area contributed by atoms with E-state index in [4.69, 9.17) is 0 Å². The number of allylic oxidation sites excluding steroid dienone is 5. The minimum absolute atomic E-state index is 1.04. The molecule has 0 aliphatic rings. The summed E-state index contributed by atoms with van der Waals surface area (Å²) in [5.41, 5.74) is 4.60. The fraction of sp³-hybridized carbons (Fsp3) is 0.571. The van der Waals surface area contributed by atoms with Gasteiger partial charge in [0.1, 0.15) is 0 Å². The van der Waals surface area contributed by atoms with Crippen LogP contribution in [-0.2, 0) is 0 Å². The molecular weight excluding hydrogens is 168 g/mol. The van der Waals surface area contributed by atoms with Gasteiger partial charge in [0.15, 0.2) is 0 Å². The van der Waals surface area contributed by atoms with Gasteiger partial charge in [0.05, 0.1) is 0 Å². The van der Waals surface area contributed by atoms with Crippen molar-refractivity contribution in [3.8, 4) is 0 Å². The maximum Gasteiger partial charge on any atom is -0.0142 e. The molecule has 0 bridgehead atoms. The summed E-state index contributed by atoms with van der Waals surface area (Å²) >= 11 is 0. The predicted octanol–water partition coefficient (Wildman–Crippen LogP) is 5.04. The summed E-state index contributed by atoms with van der Waals surface area (Å²) in [4.78, 5) is 0. The first-order valence-electron chi connectivity index (χ1n) is 5.55. The smallest absolute Gasteiger partial charge is 0.0142 e. The monoisotopic (exact) mass is 192 g/mol. The quantitative estimate of drug-likeness (QED) is 0.517. The van der Waals surface area contributed by atoms with Gasteiger partial charge < -0.3 is 0 Å². The molecule has 0 saturated carbocycles. The molecule has 0 heteroatoms. The first-order valence-corrected chi connectivity index (χ1v) is 5.55. The van der Waals surface area contributed by atoms with Crippen LogP contribution < -0.4 is 0 Å². The summed E-state index contributed by atoms with van der Waals surface area (Å²) in [6.45, 7) is 12.6. The van der Waals surface area contributed by atoms with E-state index in [9.17, 15) is 0 Å². The number of rotatable bonds is 6. The van der Waals surface area contributed by atoms with E-state index >= 15 is 0 Å². The Morgan fingerprint density at radius 1 is 1.14 bits per heavy atom. The molecule has 0 amide bonds. The minimum Gasteiger partial charge on any atom is -0.103 e. The second-order valence-electron chi connectivity index (χ2n) is 3.85. The predicted molar refractivity (Wildman–Crippen MR) is 66.5 cm³/mol. The highest BCUT2D eigenvalue weighted by Gasteiger charge is 1.98. The van der Waals surface area contributed by atoms with Crippen LogP contribution in [0.25, 0.3) is 0 Å². The van der Waals surface area contributed by atoms with Gasteiger partial charge in [-0.3, -0.25) is 0 Å². The summed E-state index contributed by atoms with van der Waals surface area (Å²) < 4.78 is 0. The maximum absolute atomic E-state index is 3.77. The number of hydrogen-bond donors (Lipinski definition) is 0. The van der Waals surface area contributed by atoms with Crippen molar-refractivity contribution in [1.29, 1.82) is 0 Å². The largest absolute Gasteiger partial charge is 0.103 e. The molecule has 0 unspecified atom stereocenters. The molecule has 0 N–H and O–H groups in total. The zero-order chi connectivity index (χ0) is 11.0. The molecule has 0 aromatic rings. The Labute approximate surface area is 89.4 Å². The minimum atomic E-state index is 1.04. The van der Waals surface area contributed by atoms with E-state index in [2.05, 4.69) is 40.3 Å². The Morgan fingerprint density at radius 3 is 2.21 bits per heavy atom. The van der Waals surface area contributed by atoms with Gasteiger partial charge in [-0.1, -0.05) is 35.8 Å². The maximum atomic E-state index is 3.77. The van der Waals surface area contributed by atoms with Crippen LogP contribution in [0.5, 0.6) is 0 Å². The lowest BCUT2D eigenvalue weighted by Crippen LogP contribution is -1.87. The van der Waals surface area contributed by atoms with E-state index in [1.54, 1.807) is 11.1 Å². The molecule has 0 fully saturated rings. The lowest BCUT2D eigenvalue weighted by Gasteiger charge is -2.07. The molecule has 0 radical (unpaired) electrons. The lowest BCUT2D eigenvalue weighted by atomic mass is 9.99. The average molecular weight is 192 g/mol. The van der Waals surface area contributed by atoms with E-state index in [1.807, 2.05) is 6.08 Å². The summed E-state index contributed by atoms with van der Waals surface area (Å²) in [6, 6.07) is 0. The van der Waals surface area contributed by atoms with Gasteiger partial charge in [-0.05, 0) is 46.5 Å². The third-order valence-electron chi connectivity index (χ3n) is 2.89. The zero-order valence-corrected chi connectivity index (χ0v) is 10.2. The Morgan fingerprint density at radius 2 is 1.79 bits per heavy atom. The molecule has 0 rings (SSSR count). The van der Waals surface area contributed by atoms with E-state index in [0.29, 0.717) is 0 Å². The van der Waals surface area contributed by atoms with Crippen LogP contribution in [0.2, 0.25) is 0 Å². The molecular formula is C14H24. The van der Waals surface area contributed by atoms with Crippen molar-refractivity contribution >= 4 is 0 Å². The van der Waals surface area contributed by atoms with Crippen molar-refractivity contribution in [3.05, 3.63) is 35.5 Å². The van der Waals surface area contributed by atoms with Crippen LogP contribution in [-0.4, -0.2) is 0 Å². The summed E-state index contributed by atoms with van der Waals surface area (Å²) in [7, 11) is 0. The topological polar surface area (TPSA) is 0 Å². The summed E-state index contributed by atoms with van der Waals surface area (Å²) in [5.74, 6) is 0. The van der Waals surface area contributed by atoms with Crippen LogP contribution in [0.4, 0.5) is 0 Å². The average Bonchev–Trinajstić information content (AvgIpc) is 2.22. The van der Waals surface area contributed by atoms with E-state index < -0.39 is 0 Å². The van der Waals surface area contributed by atoms with Crippen molar-refractivity contribution in [1.82, 2.24) is 0 Å². The molecule has 80 valence electrons. The van der Waals surface area contributed by atoms with Gasteiger partial charge in [-0.15, -0.1) is 6.58 Å². The highest BCUT2D eigenvalue weighted by atomic mass is 14.0. The van der Waals surface area contributed by atoms with E-state index in [0.717, 1.165) is 6.42 Å². The van der Waals surface area contributed by atoms with Crippen LogP contribution in [0, 0.1) is 0 Å². The molecule has 0 heterocycles. The number of hydrogen-bond acceptors (Lipinski definition) is 0. The Bertz CT molecular complexity index is 228. The normalized spacial score (nSPS) is 13.9.